The summed E-state index contributed by atoms with van der Waals surface area (Å²) in [6.07, 6.45) is 2.35. The van der Waals surface area contributed by atoms with Crippen molar-refractivity contribution in [1.82, 2.24) is 29.9 Å². The molecule has 0 spiro atoms. The molecule has 4 rings (SSSR count). The lowest BCUT2D eigenvalue weighted by atomic mass is 10.2. The lowest BCUT2D eigenvalue weighted by Gasteiger charge is -2.35. The van der Waals surface area contributed by atoms with Gasteiger partial charge in [0.1, 0.15) is 5.69 Å². The van der Waals surface area contributed by atoms with Gasteiger partial charge in [-0.05, 0) is 31.0 Å². The number of nitrogens with one attached hydrogen (secondary N) is 1. The van der Waals surface area contributed by atoms with Crippen LogP contribution in [0.25, 0.3) is 11.4 Å². The molecular formula is C22H26F2N6O3. The number of carbonyl (C=O) groups is 2. The van der Waals surface area contributed by atoms with Gasteiger partial charge in [-0.3, -0.25) is 19.3 Å². The molecule has 11 heteroatoms. The van der Waals surface area contributed by atoms with Crippen LogP contribution in [0.15, 0.2) is 23.0 Å². The fraction of sp³-hybridized carbons (Fsp3) is 0.500. The Morgan fingerprint density at radius 1 is 0.909 bits per heavy atom. The van der Waals surface area contributed by atoms with Crippen molar-refractivity contribution in [3.05, 3.63) is 45.9 Å². The Hall–Kier alpha value is -3.21. The zero-order chi connectivity index (χ0) is 23.4. The molecular weight excluding hydrogens is 434 g/mol. The zero-order valence-electron chi connectivity index (χ0n) is 18.2. The maximum absolute atomic E-state index is 13.4. The highest BCUT2D eigenvalue weighted by atomic mass is 19.2. The van der Waals surface area contributed by atoms with Crippen LogP contribution in [0.3, 0.4) is 0 Å². The molecule has 2 aromatic rings. The topological polar surface area (TPSA) is 102 Å². The monoisotopic (exact) mass is 460 g/mol. The summed E-state index contributed by atoms with van der Waals surface area (Å²) >= 11 is 0. The summed E-state index contributed by atoms with van der Waals surface area (Å²) in [5, 5.41) is 7.75. The van der Waals surface area contributed by atoms with Crippen molar-refractivity contribution < 1.29 is 18.4 Å². The minimum absolute atomic E-state index is 0.0218. The Labute approximate surface area is 189 Å². The van der Waals surface area contributed by atoms with E-state index in [0.717, 1.165) is 38.1 Å². The summed E-state index contributed by atoms with van der Waals surface area (Å²) in [4.78, 5) is 45.4. The predicted octanol–water partition coefficient (Wildman–Crippen LogP) is 0.809. The molecule has 0 atom stereocenters. The van der Waals surface area contributed by atoms with Crippen LogP contribution < -0.4 is 5.56 Å². The fourth-order valence-electron chi connectivity index (χ4n) is 4.09. The van der Waals surface area contributed by atoms with Crippen LogP contribution in [0.2, 0.25) is 0 Å². The second-order valence-corrected chi connectivity index (χ2v) is 8.32. The van der Waals surface area contributed by atoms with E-state index in [1.807, 2.05) is 4.90 Å². The van der Waals surface area contributed by atoms with Gasteiger partial charge in [-0.2, -0.15) is 0 Å². The molecule has 2 aliphatic heterocycles. The fourth-order valence-corrected chi connectivity index (χ4v) is 4.09. The van der Waals surface area contributed by atoms with E-state index in [9.17, 15) is 23.2 Å². The number of aryl methyl sites for hydroxylation is 1. The van der Waals surface area contributed by atoms with E-state index in [2.05, 4.69) is 20.1 Å². The maximum Gasteiger partial charge on any atom is 0.273 e. The maximum atomic E-state index is 13.4. The number of hydrogen-bond acceptors (Lipinski definition) is 6. The molecule has 2 fully saturated rings. The molecule has 1 aromatic carbocycles. The number of nitrogens with zero attached hydrogens (tertiary/aromatic N) is 5. The van der Waals surface area contributed by atoms with Gasteiger partial charge in [0.2, 0.25) is 11.8 Å². The minimum Gasteiger partial charge on any atom is -0.342 e. The number of carbonyl (C=O) groups excluding carboxylic acids is 2. The van der Waals surface area contributed by atoms with Crippen LogP contribution in [-0.2, 0) is 16.0 Å². The smallest absolute Gasteiger partial charge is 0.273 e. The highest BCUT2D eigenvalue weighted by Gasteiger charge is 2.25. The first-order chi connectivity index (χ1) is 15.9. The lowest BCUT2D eigenvalue weighted by molar-refractivity contribution is -0.134. The molecule has 0 bridgehead atoms. The number of aromatic amines is 1. The van der Waals surface area contributed by atoms with Crippen molar-refractivity contribution in [3.63, 3.8) is 0 Å². The summed E-state index contributed by atoms with van der Waals surface area (Å²) in [5.74, 6) is -1.97. The molecule has 0 radical (unpaired) electrons. The summed E-state index contributed by atoms with van der Waals surface area (Å²) in [6, 6.07) is 3.16. The Morgan fingerprint density at radius 2 is 1.61 bits per heavy atom. The van der Waals surface area contributed by atoms with E-state index in [1.165, 1.54) is 6.07 Å². The van der Waals surface area contributed by atoms with E-state index in [-0.39, 0.29) is 41.7 Å². The quantitative estimate of drug-likeness (QED) is 0.685. The van der Waals surface area contributed by atoms with Crippen molar-refractivity contribution in [2.75, 3.05) is 45.8 Å². The summed E-state index contributed by atoms with van der Waals surface area (Å²) in [6.45, 7) is 4.38. The molecule has 0 saturated carbocycles. The van der Waals surface area contributed by atoms with Gasteiger partial charge in [0.05, 0.1) is 6.54 Å². The van der Waals surface area contributed by atoms with Crippen molar-refractivity contribution in [2.45, 2.75) is 25.7 Å². The first-order valence-electron chi connectivity index (χ1n) is 11.1. The van der Waals surface area contributed by atoms with Gasteiger partial charge >= 0.3 is 0 Å². The average Bonchev–Trinajstić information content (AvgIpc) is 3.35. The summed E-state index contributed by atoms with van der Waals surface area (Å²) in [7, 11) is 0. The second-order valence-electron chi connectivity index (χ2n) is 8.32. The number of H-pyrrole nitrogens is 1. The molecule has 2 aliphatic rings. The Balaban J connectivity index is 1.26. The third-order valence-corrected chi connectivity index (χ3v) is 6.08. The van der Waals surface area contributed by atoms with Crippen LogP contribution in [0.1, 0.15) is 25.0 Å². The van der Waals surface area contributed by atoms with Crippen molar-refractivity contribution >= 4 is 11.8 Å². The van der Waals surface area contributed by atoms with Gasteiger partial charge in [0.25, 0.3) is 5.56 Å². The number of hydrogen-bond donors (Lipinski definition) is 1. The normalized spacial score (nSPS) is 16.9. The molecule has 2 amide bonds. The van der Waals surface area contributed by atoms with E-state index in [1.54, 1.807) is 4.90 Å². The standard InChI is InChI=1S/C22H26F2N6O3/c23-16-4-3-15(13-17(16)24)21-25-22(33)18(26-27-21)5-6-19(31)30-11-9-28(10-12-30)14-20(32)29-7-1-2-8-29/h3-4,13H,1-2,5-12,14H2,(H,25,27,33). The first kappa shape index (κ1) is 23.0. The Bertz CT molecular complexity index is 1080. The molecule has 176 valence electrons. The van der Waals surface area contributed by atoms with E-state index in [4.69, 9.17) is 0 Å². The molecule has 2 saturated heterocycles. The van der Waals surface area contributed by atoms with E-state index < -0.39 is 17.2 Å². The number of likely N-dealkylation sites (tertiary alicyclic amines) is 1. The molecule has 3 heterocycles. The third kappa shape index (κ3) is 5.59. The molecule has 33 heavy (non-hydrogen) atoms. The zero-order valence-corrected chi connectivity index (χ0v) is 18.2. The second kappa shape index (κ2) is 10.2. The summed E-state index contributed by atoms with van der Waals surface area (Å²) in [5.41, 5.74) is -0.227. The molecule has 1 N–H and O–H groups in total. The van der Waals surface area contributed by atoms with E-state index in [0.29, 0.717) is 32.7 Å². The number of amides is 2. The van der Waals surface area contributed by atoms with Gasteiger partial charge in [0.15, 0.2) is 17.5 Å². The third-order valence-electron chi connectivity index (χ3n) is 6.08. The van der Waals surface area contributed by atoms with E-state index >= 15 is 0 Å². The van der Waals surface area contributed by atoms with Crippen LogP contribution >= 0.6 is 0 Å². The number of halogens is 2. The molecule has 9 nitrogen and oxygen atoms in total. The van der Waals surface area contributed by atoms with Gasteiger partial charge in [-0.1, -0.05) is 0 Å². The molecule has 0 aliphatic carbocycles. The van der Waals surface area contributed by atoms with Gasteiger partial charge in [-0.15, -0.1) is 10.2 Å². The minimum atomic E-state index is -1.05. The predicted molar refractivity (Wildman–Crippen MR) is 115 cm³/mol. The van der Waals surface area contributed by atoms with Crippen LogP contribution in [-0.4, -0.2) is 87.5 Å². The number of rotatable bonds is 6. The average molecular weight is 460 g/mol. The van der Waals surface area contributed by atoms with Gasteiger partial charge < -0.3 is 14.8 Å². The summed E-state index contributed by atoms with van der Waals surface area (Å²) < 4.78 is 26.5. The highest BCUT2D eigenvalue weighted by Crippen LogP contribution is 2.16. The highest BCUT2D eigenvalue weighted by molar-refractivity contribution is 5.79. The van der Waals surface area contributed by atoms with Crippen molar-refractivity contribution in [1.29, 1.82) is 0 Å². The molecule has 0 unspecified atom stereocenters. The van der Waals surface area contributed by atoms with Gasteiger partial charge in [-0.25, -0.2) is 8.78 Å². The number of aromatic nitrogens is 3. The Kier molecular flexibility index (Phi) is 7.07. The lowest BCUT2D eigenvalue weighted by Crippen LogP contribution is -2.51. The molecule has 1 aromatic heterocycles. The number of benzene rings is 1. The van der Waals surface area contributed by atoms with Crippen molar-refractivity contribution in [3.8, 4) is 11.4 Å². The van der Waals surface area contributed by atoms with Crippen LogP contribution in [0, 0.1) is 11.6 Å². The van der Waals surface area contributed by atoms with Crippen molar-refractivity contribution in [2.24, 2.45) is 0 Å². The van der Waals surface area contributed by atoms with Crippen LogP contribution in [0.5, 0.6) is 0 Å². The Morgan fingerprint density at radius 3 is 2.27 bits per heavy atom. The SMILES string of the molecule is O=C(CCc1nnc(-c2ccc(F)c(F)c2)[nH]c1=O)N1CCN(CC(=O)N2CCCC2)CC1. The first-order valence-corrected chi connectivity index (χ1v) is 11.1. The van der Waals surface area contributed by atoms with Crippen LogP contribution in [0.4, 0.5) is 8.78 Å². The number of piperazine rings is 1. The largest absolute Gasteiger partial charge is 0.342 e. The van der Waals surface area contributed by atoms with Gasteiger partial charge in [0, 0.05) is 57.7 Å².